The van der Waals surface area contributed by atoms with Gasteiger partial charge in [0.05, 0.1) is 0 Å². The molecule has 0 radical (unpaired) electrons. The van der Waals surface area contributed by atoms with E-state index in [-0.39, 0.29) is 0 Å². The van der Waals surface area contributed by atoms with Gasteiger partial charge in [-0.2, -0.15) is 0 Å². The van der Waals surface area contributed by atoms with Gasteiger partial charge in [0.2, 0.25) is 0 Å². The topological polar surface area (TPSA) is 4.93 Å². The van der Waals surface area contributed by atoms with Crippen LogP contribution < -0.4 is 0 Å². The number of halogens is 1. The van der Waals surface area contributed by atoms with Crippen molar-refractivity contribution >= 4 is 26.8 Å². The summed E-state index contributed by atoms with van der Waals surface area (Å²) in [6.07, 6.45) is 2.16. The molecule has 0 saturated carbocycles. The summed E-state index contributed by atoms with van der Waals surface area (Å²) in [6, 6.07) is 17.3. The summed E-state index contributed by atoms with van der Waals surface area (Å²) < 4.78 is 3.42. The Morgan fingerprint density at radius 3 is 2.56 bits per heavy atom. The number of aromatic nitrogens is 1. The fourth-order valence-corrected chi connectivity index (χ4v) is 2.48. The molecule has 1 heterocycles. The molecule has 18 heavy (non-hydrogen) atoms. The molecule has 0 spiro atoms. The maximum Gasteiger partial charge on any atom is 0.0486 e. The van der Waals surface area contributed by atoms with E-state index >= 15 is 0 Å². The molecule has 0 aliphatic heterocycles. The van der Waals surface area contributed by atoms with Gasteiger partial charge < -0.3 is 4.57 Å². The molecule has 3 aromatic rings. The summed E-state index contributed by atoms with van der Waals surface area (Å²) in [6.45, 7) is 3.05. The summed E-state index contributed by atoms with van der Waals surface area (Å²) in [5.74, 6) is 0. The minimum atomic E-state index is 0.917. The lowest BCUT2D eigenvalue weighted by Crippen LogP contribution is -1.97. The highest BCUT2D eigenvalue weighted by Gasteiger charge is 2.02. The zero-order valence-corrected chi connectivity index (χ0v) is 11.8. The van der Waals surface area contributed by atoms with Gasteiger partial charge in [0.25, 0.3) is 0 Å². The van der Waals surface area contributed by atoms with Crippen molar-refractivity contribution < 1.29 is 0 Å². The minimum Gasteiger partial charge on any atom is -0.343 e. The monoisotopic (exact) mass is 299 g/mol. The molecule has 0 amide bonds. The maximum atomic E-state index is 3.47. The van der Waals surface area contributed by atoms with E-state index in [1.165, 1.54) is 22.0 Å². The van der Waals surface area contributed by atoms with Crippen LogP contribution >= 0.6 is 15.9 Å². The van der Waals surface area contributed by atoms with Crippen LogP contribution in [-0.4, -0.2) is 4.57 Å². The lowest BCUT2D eigenvalue weighted by Gasteiger charge is -2.06. The Morgan fingerprint density at radius 1 is 1.00 bits per heavy atom. The minimum absolute atomic E-state index is 0.917. The Hall–Kier alpha value is -1.54. The molecule has 0 saturated heterocycles. The van der Waals surface area contributed by atoms with E-state index in [2.05, 4.69) is 82.1 Å². The van der Waals surface area contributed by atoms with Crippen molar-refractivity contribution in [3.63, 3.8) is 0 Å². The average molecular weight is 300 g/mol. The van der Waals surface area contributed by atoms with Crippen molar-refractivity contribution in [1.29, 1.82) is 0 Å². The van der Waals surface area contributed by atoms with Gasteiger partial charge in [-0.3, -0.25) is 0 Å². The van der Waals surface area contributed by atoms with Crippen molar-refractivity contribution in [1.82, 2.24) is 4.57 Å². The second-order valence-electron chi connectivity index (χ2n) is 4.63. The second kappa shape index (κ2) is 4.62. The van der Waals surface area contributed by atoms with Crippen LogP contribution in [-0.2, 0) is 6.54 Å². The summed E-state index contributed by atoms with van der Waals surface area (Å²) in [7, 11) is 0. The largest absolute Gasteiger partial charge is 0.343 e. The van der Waals surface area contributed by atoms with Gasteiger partial charge in [-0.15, -0.1) is 0 Å². The molecule has 3 rings (SSSR count). The third kappa shape index (κ3) is 2.21. The van der Waals surface area contributed by atoms with Crippen molar-refractivity contribution in [3.8, 4) is 0 Å². The zero-order chi connectivity index (χ0) is 12.5. The van der Waals surface area contributed by atoms with Crippen molar-refractivity contribution in [2.24, 2.45) is 0 Å². The van der Waals surface area contributed by atoms with Gasteiger partial charge in [-0.1, -0.05) is 40.2 Å². The molecule has 0 atom stereocenters. The highest BCUT2D eigenvalue weighted by atomic mass is 79.9. The number of nitrogens with zero attached hydrogens (tertiary/aromatic N) is 1. The van der Waals surface area contributed by atoms with Gasteiger partial charge in [0.1, 0.15) is 0 Å². The predicted molar refractivity (Wildman–Crippen MR) is 79.9 cm³/mol. The van der Waals surface area contributed by atoms with E-state index in [0.29, 0.717) is 0 Å². The van der Waals surface area contributed by atoms with Gasteiger partial charge in [-0.05, 0) is 47.7 Å². The van der Waals surface area contributed by atoms with Gasteiger partial charge in [-0.25, -0.2) is 0 Å². The van der Waals surface area contributed by atoms with Gasteiger partial charge in [0.15, 0.2) is 0 Å². The van der Waals surface area contributed by atoms with Crippen molar-refractivity contribution in [3.05, 3.63) is 70.3 Å². The van der Waals surface area contributed by atoms with Crippen LogP contribution in [0.4, 0.5) is 0 Å². The zero-order valence-electron chi connectivity index (χ0n) is 10.2. The summed E-state index contributed by atoms with van der Waals surface area (Å²) in [5.41, 5.74) is 3.92. The molecule has 90 valence electrons. The Balaban J connectivity index is 1.99. The highest BCUT2D eigenvalue weighted by Crippen LogP contribution is 2.19. The number of benzene rings is 2. The first-order valence-electron chi connectivity index (χ1n) is 6.02. The van der Waals surface area contributed by atoms with Crippen molar-refractivity contribution in [2.45, 2.75) is 13.5 Å². The van der Waals surface area contributed by atoms with E-state index in [0.717, 1.165) is 11.0 Å². The number of hydrogen-bond acceptors (Lipinski definition) is 0. The fourth-order valence-electron chi connectivity index (χ4n) is 2.22. The van der Waals surface area contributed by atoms with Gasteiger partial charge >= 0.3 is 0 Å². The third-order valence-corrected chi connectivity index (χ3v) is 3.72. The lowest BCUT2D eigenvalue weighted by atomic mass is 10.2. The molecular formula is C16H14BrN. The summed E-state index contributed by atoms with van der Waals surface area (Å²) in [5, 5.41) is 1.30. The standard InChI is InChI=1S/C16H14BrN/c1-12-2-5-14-8-9-18(16(14)10-12)11-13-3-6-15(17)7-4-13/h2-10H,11H2,1H3. The van der Waals surface area contributed by atoms with E-state index in [9.17, 15) is 0 Å². The van der Waals surface area contributed by atoms with Crippen LogP contribution in [0.1, 0.15) is 11.1 Å². The van der Waals surface area contributed by atoms with Crippen LogP contribution in [0.25, 0.3) is 10.9 Å². The number of fused-ring (bicyclic) bond motifs is 1. The maximum absolute atomic E-state index is 3.47. The Kier molecular flexibility index (Phi) is 2.96. The van der Waals surface area contributed by atoms with Crippen LogP contribution in [0.15, 0.2) is 59.2 Å². The van der Waals surface area contributed by atoms with Crippen LogP contribution in [0.5, 0.6) is 0 Å². The Morgan fingerprint density at radius 2 is 1.78 bits per heavy atom. The SMILES string of the molecule is Cc1ccc2ccn(Cc3ccc(Br)cc3)c2c1. The molecule has 0 aliphatic rings. The first-order chi connectivity index (χ1) is 8.72. The molecule has 0 aliphatic carbocycles. The Labute approximate surface area is 115 Å². The molecule has 0 fully saturated rings. The molecule has 1 aromatic heterocycles. The van der Waals surface area contributed by atoms with E-state index in [4.69, 9.17) is 0 Å². The van der Waals surface area contributed by atoms with E-state index < -0.39 is 0 Å². The first-order valence-corrected chi connectivity index (χ1v) is 6.81. The highest BCUT2D eigenvalue weighted by molar-refractivity contribution is 9.10. The summed E-state index contributed by atoms with van der Waals surface area (Å²) in [4.78, 5) is 0. The molecule has 0 unspecified atom stereocenters. The first kappa shape index (κ1) is 11.5. The van der Waals surface area contributed by atoms with E-state index in [1.807, 2.05) is 0 Å². The predicted octanol–water partition coefficient (Wildman–Crippen LogP) is 4.76. The third-order valence-electron chi connectivity index (χ3n) is 3.20. The smallest absolute Gasteiger partial charge is 0.0486 e. The van der Waals surface area contributed by atoms with Crippen LogP contribution in [0, 0.1) is 6.92 Å². The molecule has 1 nitrogen and oxygen atoms in total. The molecule has 2 aromatic carbocycles. The molecule has 2 heteroatoms. The lowest BCUT2D eigenvalue weighted by molar-refractivity contribution is 0.836. The number of rotatable bonds is 2. The van der Waals surface area contributed by atoms with Crippen LogP contribution in [0.2, 0.25) is 0 Å². The van der Waals surface area contributed by atoms with Crippen LogP contribution in [0.3, 0.4) is 0 Å². The van der Waals surface area contributed by atoms with Gasteiger partial charge in [0, 0.05) is 22.7 Å². The fraction of sp³-hybridized carbons (Fsp3) is 0.125. The molecular weight excluding hydrogens is 286 g/mol. The summed E-state index contributed by atoms with van der Waals surface area (Å²) >= 11 is 3.47. The van der Waals surface area contributed by atoms with Crippen molar-refractivity contribution in [2.75, 3.05) is 0 Å². The Bertz CT molecular complexity index is 680. The second-order valence-corrected chi connectivity index (χ2v) is 5.55. The van der Waals surface area contributed by atoms with E-state index in [1.54, 1.807) is 0 Å². The average Bonchev–Trinajstić information content (AvgIpc) is 2.75. The molecule has 0 N–H and O–H groups in total. The number of aryl methyl sites for hydroxylation is 1. The molecule has 0 bridgehead atoms. The number of hydrogen-bond donors (Lipinski definition) is 0. The quantitative estimate of drug-likeness (QED) is 0.643. The normalized spacial score (nSPS) is 11.0.